The van der Waals surface area contributed by atoms with Gasteiger partial charge in [0.15, 0.2) is 0 Å². The van der Waals surface area contributed by atoms with Crippen LogP contribution in [-0.4, -0.2) is 10.2 Å². The summed E-state index contributed by atoms with van der Waals surface area (Å²) in [4.78, 5) is 0. The lowest BCUT2D eigenvalue weighted by molar-refractivity contribution is 0.442. The molecule has 0 aliphatic carbocycles. The predicted octanol–water partition coefficient (Wildman–Crippen LogP) is 4.03. The van der Waals surface area contributed by atoms with Crippen molar-refractivity contribution in [3.63, 3.8) is 0 Å². The van der Waals surface area contributed by atoms with Crippen molar-refractivity contribution >= 4 is 0 Å². The first-order valence-corrected chi connectivity index (χ1v) is 6.02. The molecule has 0 bridgehead atoms. The summed E-state index contributed by atoms with van der Waals surface area (Å²) in [6.07, 6.45) is 3.42. The summed E-state index contributed by atoms with van der Waals surface area (Å²) in [7, 11) is 0. The first kappa shape index (κ1) is 12.9. The highest BCUT2D eigenvalue weighted by molar-refractivity contribution is 5.40. The largest absolute Gasteiger partial charge is 0.508 e. The van der Waals surface area contributed by atoms with E-state index < -0.39 is 0 Å². The number of rotatable bonds is 5. The fraction of sp³-hybridized carbons (Fsp3) is 0.571. The molecule has 90 valence electrons. The molecule has 0 amide bonds. The number of aromatic hydroxyl groups is 2. The van der Waals surface area contributed by atoms with Gasteiger partial charge in [0.2, 0.25) is 0 Å². The van der Waals surface area contributed by atoms with E-state index in [1.807, 2.05) is 0 Å². The van der Waals surface area contributed by atoms with Gasteiger partial charge >= 0.3 is 0 Å². The Morgan fingerprint density at radius 1 is 1.06 bits per heavy atom. The van der Waals surface area contributed by atoms with Gasteiger partial charge in [-0.3, -0.25) is 0 Å². The third-order valence-electron chi connectivity index (χ3n) is 2.96. The van der Waals surface area contributed by atoms with E-state index in [4.69, 9.17) is 0 Å². The minimum atomic E-state index is 0.225. The van der Waals surface area contributed by atoms with Gasteiger partial charge in [-0.1, -0.05) is 33.6 Å². The molecule has 16 heavy (non-hydrogen) atoms. The lowest BCUT2D eigenvalue weighted by Gasteiger charge is -2.14. The van der Waals surface area contributed by atoms with Crippen molar-refractivity contribution in [2.75, 3.05) is 0 Å². The molecule has 0 aromatic heterocycles. The molecule has 0 saturated heterocycles. The summed E-state index contributed by atoms with van der Waals surface area (Å²) in [5.74, 6) is 1.54. The van der Waals surface area contributed by atoms with Crippen LogP contribution in [0.4, 0.5) is 0 Å². The molecule has 1 rings (SSSR count). The predicted molar refractivity (Wildman–Crippen MR) is 66.9 cm³/mol. The molecule has 0 aliphatic heterocycles. The molecule has 0 aliphatic rings. The van der Waals surface area contributed by atoms with E-state index in [1.165, 1.54) is 12.5 Å². The van der Waals surface area contributed by atoms with Crippen molar-refractivity contribution in [2.45, 2.75) is 46.0 Å². The zero-order valence-corrected chi connectivity index (χ0v) is 10.4. The molecule has 0 radical (unpaired) electrons. The molecular weight excluding hydrogens is 200 g/mol. The first-order valence-electron chi connectivity index (χ1n) is 6.02. The van der Waals surface area contributed by atoms with Gasteiger partial charge in [0, 0.05) is 5.56 Å². The van der Waals surface area contributed by atoms with E-state index in [-0.39, 0.29) is 11.5 Å². The minimum absolute atomic E-state index is 0.225. The van der Waals surface area contributed by atoms with Crippen LogP contribution in [0.1, 0.15) is 51.5 Å². The number of benzene rings is 1. The summed E-state index contributed by atoms with van der Waals surface area (Å²) in [6.45, 7) is 6.53. The van der Waals surface area contributed by atoms with Crippen LogP contribution in [0.3, 0.4) is 0 Å². The van der Waals surface area contributed by atoms with Gasteiger partial charge in [-0.2, -0.15) is 0 Å². The second kappa shape index (κ2) is 5.78. The van der Waals surface area contributed by atoms with Gasteiger partial charge < -0.3 is 10.2 Å². The molecule has 1 aromatic rings. The van der Waals surface area contributed by atoms with Crippen LogP contribution in [0.25, 0.3) is 0 Å². The van der Waals surface area contributed by atoms with Gasteiger partial charge in [0.1, 0.15) is 11.5 Å². The van der Waals surface area contributed by atoms with Crippen LogP contribution in [0.2, 0.25) is 0 Å². The Morgan fingerprint density at radius 3 is 2.38 bits per heavy atom. The molecule has 1 aromatic carbocycles. The summed E-state index contributed by atoms with van der Waals surface area (Å²) in [6, 6.07) is 4.73. The van der Waals surface area contributed by atoms with Gasteiger partial charge in [0.25, 0.3) is 0 Å². The quantitative estimate of drug-likeness (QED) is 0.738. The molecular formula is C14H22O2. The Kier molecular flexibility index (Phi) is 4.66. The molecule has 0 spiro atoms. The monoisotopic (exact) mass is 222 g/mol. The fourth-order valence-corrected chi connectivity index (χ4v) is 1.92. The molecule has 1 atom stereocenters. The standard InChI is InChI=1S/C14H22O2/c1-10(2)5-4-6-11(3)13-9-12(15)7-8-14(13)16/h7-11,15-16H,4-6H2,1-3H3/t11-/m1/s1. The average molecular weight is 222 g/mol. The van der Waals surface area contributed by atoms with Crippen molar-refractivity contribution in [1.29, 1.82) is 0 Å². The highest BCUT2D eigenvalue weighted by atomic mass is 16.3. The molecule has 0 fully saturated rings. The normalized spacial score (nSPS) is 13.0. The number of hydrogen-bond donors (Lipinski definition) is 2. The topological polar surface area (TPSA) is 40.5 Å². The number of phenols is 2. The minimum Gasteiger partial charge on any atom is -0.508 e. The van der Waals surface area contributed by atoms with Gasteiger partial charge in [-0.25, -0.2) is 0 Å². The van der Waals surface area contributed by atoms with Crippen molar-refractivity contribution in [2.24, 2.45) is 5.92 Å². The van der Waals surface area contributed by atoms with Gasteiger partial charge in [-0.05, 0) is 36.5 Å². The lowest BCUT2D eigenvalue weighted by atomic mass is 9.93. The van der Waals surface area contributed by atoms with Crippen LogP contribution < -0.4 is 0 Å². The zero-order valence-electron chi connectivity index (χ0n) is 10.4. The Bertz CT molecular complexity index is 332. The summed E-state index contributed by atoms with van der Waals surface area (Å²) in [5, 5.41) is 19.1. The third kappa shape index (κ3) is 3.76. The van der Waals surface area contributed by atoms with Crippen LogP contribution >= 0.6 is 0 Å². The smallest absolute Gasteiger partial charge is 0.119 e. The maximum Gasteiger partial charge on any atom is 0.119 e. The Morgan fingerprint density at radius 2 is 1.75 bits per heavy atom. The second-order valence-electron chi connectivity index (χ2n) is 4.97. The van der Waals surface area contributed by atoms with E-state index in [2.05, 4.69) is 20.8 Å². The summed E-state index contributed by atoms with van der Waals surface area (Å²) in [5.41, 5.74) is 0.851. The van der Waals surface area contributed by atoms with Crippen LogP contribution in [0.5, 0.6) is 11.5 Å². The maximum atomic E-state index is 9.70. The summed E-state index contributed by atoms with van der Waals surface area (Å²) < 4.78 is 0. The Hall–Kier alpha value is -1.18. The lowest BCUT2D eigenvalue weighted by Crippen LogP contribution is -1.96. The van der Waals surface area contributed by atoms with E-state index in [9.17, 15) is 10.2 Å². The van der Waals surface area contributed by atoms with Crippen molar-refractivity contribution in [3.8, 4) is 11.5 Å². The van der Waals surface area contributed by atoms with E-state index in [1.54, 1.807) is 12.1 Å². The van der Waals surface area contributed by atoms with Crippen LogP contribution in [-0.2, 0) is 0 Å². The summed E-state index contributed by atoms with van der Waals surface area (Å²) >= 11 is 0. The average Bonchev–Trinajstić information content (AvgIpc) is 2.21. The second-order valence-corrected chi connectivity index (χ2v) is 4.97. The highest BCUT2D eigenvalue weighted by Crippen LogP contribution is 2.32. The van der Waals surface area contributed by atoms with Gasteiger partial charge in [0.05, 0.1) is 0 Å². The first-order chi connectivity index (χ1) is 7.50. The SMILES string of the molecule is CC(C)CCC[C@@H](C)c1cc(O)ccc1O. The Balaban J connectivity index is 2.58. The molecule has 2 N–H and O–H groups in total. The third-order valence-corrected chi connectivity index (χ3v) is 2.96. The van der Waals surface area contributed by atoms with Gasteiger partial charge in [-0.15, -0.1) is 0 Å². The van der Waals surface area contributed by atoms with Crippen LogP contribution in [0, 0.1) is 5.92 Å². The molecule has 0 heterocycles. The number of hydrogen-bond acceptors (Lipinski definition) is 2. The van der Waals surface area contributed by atoms with Crippen molar-refractivity contribution in [3.05, 3.63) is 23.8 Å². The number of phenolic OH excluding ortho intramolecular Hbond substituents is 2. The van der Waals surface area contributed by atoms with E-state index in [0.717, 1.165) is 24.3 Å². The molecule has 0 unspecified atom stereocenters. The highest BCUT2D eigenvalue weighted by Gasteiger charge is 2.11. The van der Waals surface area contributed by atoms with Crippen LogP contribution in [0.15, 0.2) is 18.2 Å². The molecule has 2 nitrogen and oxygen atoms in total. The zero-order chi connectivity index (χ0) is 12.1. The fourth-order valence-electron chi connectivity index (χ4n) is 1.92. The van der Waals surface area contributed by atoms with Crippen molar-refractivity contribution in [1.82, 2.24) is 0 Å². The molecule has 0 saturated carbocycles. The van der Waals surface area contributed by atoms with E-state index >= 15 is 0 Å². The maximum absolute atomic E-state index is 9.70. The van der Waals surface area contributed by atoms with Crippen molar-refractivity contribution < 1.29 is 10.2 Å². The van der Waals surface area contributed by atoms with E-state index in [0.29, 0.717) is 5.92 Å². The molecule has 2 heteroatoms. The Labute approximate surface area is 97.9 Å².